The number of sulfone groups is 1. The quantitative estimate of drug-likeness (QED) is 0.465. The van der Waals surface area contributed by atoms with Crippen LogP contribution >= 0.6 is 11.3 Å². The number of benzene rings is 1. The summed E-state index contributed by atoms with van der Waals surface area (Å²) in [5.74, 6) is -0.0159. The number of rotatable bonds is 5. The van der Waals surface area contributed by atoms with E-state index in [2.05, 4.69) is 10.4 Å². The average molecular weight is 481 g/mol. The van der Waals surface area contributed by atoms with Crippen LogP contribution in [-0.2, 0) is 16.4 Å². The van der Waals surface area contributed by atoms with Crippen molar-refractivity contribution in [1.29, 1.82) is 0 Å². The molecule has 0 saturated carbocycles. The molecule has 3 aromatic heterocycles. The van der Waals surface area contributed by atoms with Crippen LogP contribution in [-0.4, -0.2) is 40.6 Å². The number of pyridine rings is 1. The number of amides is 1. The number of hydrogen-bond donors (Lipinski definition) is 1. The van der Waals surface area contributed by atoms with E-state index in [9.17, 15) is 13.2 Å². The SMILES string of the molecule is Cc1ccc(CNC(=O)c2cc(-c3cccs3)nc3c2c(C)nn3C2CCS(=O)(=O)C2)cc1. The van der Waals surface area contributed by atoms with Gasteiger partial charge in [0.25, 0.3) is 5.91 Å². The summed E-state index contributed by atoms with van der Waals surface area (Å²) in [6.07, 6.45) is 0.498. The van der Waals surface area contributed by atoms with E-state index >= 15 is 0 Å². The predicted molar refractivity (Wildman–Crippen MR) is 130 cm³/mol. The third-order valence-electron chi connectivity index (χ3n) is 5.98. The molecular formula is C24H24N4O3S2. The van der Waals surface area contributed by atoms with Crippen LogP contribution in [0, 0.1) is 13.8 Å². The minimum atomic E-state index is -3.09. The second kappa shape index (κ2) is 8.39. The number of thiophene rings is 1. The van der Waals surface area contributed by atoms with Crippen molar-refractivity contribution < 1.29 is 13.2 Å². The zero-order valence-corrected chi connectivity index (χ0v) is 20.0. The number of aromatic nitrogens is 3. The van der Waals surface area contributed by atoms with E-state index in [0.29, 0.717) is 41.0 Å². The molecule has 5 rings (SSSR count). The van der Waals surface area contributed by atoms with E-state index in [-0.39, 0.29) is 23.5 Å². The summed E-state index contributed by atoms with van der Waals surface area (Å²) in [4.78, 5) is 19.1. The fraction of sp³-hybridized carbons (Fsp3) is 0.292. The lowest BCUT2D eigenvalue weighted by molar-refractivity contribution is 0.0952. The van der Waals surface area contributed by atoms with Gasteiger partial charge in [-0.2, -0.15) is 5.10 Å². The van der Waals surface area contributed by atoms with Gasteiger partial charge in [0, 0.05) is 6.54 Å². The fourth-order valence-corrected chi connectivity index (χ4v) is 6.63. The molecule has 1 fully saturated rings. The highest BCUT2D eigenvalue weighted by Gasteiger charge is 2.32. The Kier molecular flexibility index (Phi) is 5.54. The highest BCUT2D eigenvalue weighted by Crippen LogP contribution is 2.33. The molecule has 0 bridgehead atoms. The van der Waals surface area contributed by atoms with Gasteiger partial charge in [0.1, 0.15) is 0 Å². The van der Waals surface area contributed by atoms with Crippen LogP contribution in [0.25, 0.3) is 21.6 Å². The standard InChI is InChI=1S/C24H24N4O3S2/c1-15-5-7-17(8-6-15)13-25-24(29)19-12-20(21-4-3-10-32-21)26-23-22(19)16(2)27-28(23)18-9-11-33(30,31)14-18/h3-8,10,12,18H,9,11,13-14H2,1-2H3,(H,25,29). The van der Waals surface area contributed by atoms with Crippen LogP contribution in [0.15, 0.2) is 47.8 Å². The number of fused-ring (bicyclic) bond motifs is 1. The van der Waals surface area contributed by atoms with E-state index in [1.54, 1.807) is 16.0 Å². The Bertz CT molecular complexity index is 1440. The third kappa shape index (κ3) is 4.30. The monoisotopic (exact) mass is 480 g/mol. The molecule has 0 spiro atoms. The summed E-state index contributed by atoms with van der Waals surface area (Å²) < 4.78 is 25.9. The average Bonchev–Trinajstić information content (AvgIpc) is 3.52. The molecule has 0 radical (unpaired) electrons. The highest BCUT2D eigenvalue weighted by molar-refractivity contribution is 7.91. The number of aryl methyl sites for hydroxylation is 2. The Morgan fingerprint density at radius 2 is 2.00 bits per heavy atom. The van der Waals surface area contributed by atoms with Crippen molar-refractivity contribution in [2.45, 2.75) is 32.9 Å². The van der Waals surface area contributed by atoms with Gasteiger partial charge in [-0.1, -0.05) is 35.9 Å². The maximum Gasteiger partial charge on any atom is 0.252 e. The summed E-state index contributed by atoms with van der Waals surface area (Å²) in [5.41, 5.74) is 4.58. The molecular weight excluding hydrogens is 456 g/mol. The van der Waals surface area contributed by atoms with E-state index in [1.807, 2.05) is 61.7 Å². The molecule has 4 heterocycles. The van der Waals surface area contributed by atoms with Gasteiger partial charge < -0.3 is 5.32 Å². The lowest BCUT2D eigenvalue weighted by atomic mass is 10.1. The molecule has 1 amide bonds. The molecule has 9 heteroatoms. The smallest absolute Gasteiger partial charge is 0.252 e. The van der Waals surface area contributed by atoms with Gasteiger partial charge in [0.05, 0.1) is 44.8 Å². The summed E-state index contributed by atoms with van der Waals surface area (Å²) in [7, 11) is -3.09. The van der Waals surface area contributed by atoms with E-state index in [1.165, 1.54) is 5.56 Å². The zero-order chi connectivity index (χ0) is 23.2. The third-order valence-corrected chi connectivity index (χ3v) is 8.63. The van der Waals surface area contributed by atoms with Crippen molar-refractivity contribution in [2.75, 3.05) is 11.5 Å². The molecule has 1 aromatic carbocycles. The molecule has 33 heavy (non-hydrogen) atoms. The van der Waals surface area contributed by atoms with Crippen molar-refractivity contribution >= 4 is 38.1 Å². The number of carbonyl (C=O) groups is 1. The Morgan fingerprint density at radius 1 is 1.21 bits per heavy atom. The second-order valence-corrected chi connectivity index (χ2v) is 11.7. The topological polar surface area (TPSA) is 93.9 Å². The minimum Gasteiger partial charge on any atom is -0.348 e. The largest absolute Gasteiger partial charge is 0.348 e. The van der Waals surface area contributed by atoms with Gasteiger partial charge in [0.15, 0.2) is 15.5 Å². The lowest BCUT2D eigenvalue weighted by Gasteiger charge is -2.12. The number of nitrogens with zero attached hydrogens (tertiary/aromatic N) is 3. The highest BCUT2D eigenvalue weighted by atomic mass is 32.2. The van der Waals surface area contributed by atoms with Crippen LogP contribution < -0.4 is 5.32 Å². The first-order valence-electron chi connectivity index (χ1n) is 10.8. The van der Waals surface area contributed by atoms with Gasteiger partial charge in [-0.15, -0.1) is 11.3 Å². The van der Waals surface area contributed by atoms with Crippen molar-refractivity contribution in [1.82, 2.24) is 20.1 Å². The van der Waals surface area contributed by atoms with Crippen molar-refractivity contribution in [3.63, 3.8) is 0 Å². The van der Waals surface area contributed by atoms with Gasteiger partial charge in [-0.3, -0.25) is 4.79 Å². The summed E-state index contributed by atoms with van der Waals surface area (Å²) in [6.45, 7) is 4.27. The summed E-state index contributed by atoms with van der Waals surface area (Å²) in [6, 6.07) is 13.5. The number of hydrogen-bond acceptors (Lipinski definition) is 6. The number of carbonyl (C=O) groups excluding carboxylic acids is 1. The molecule has 1 atom stereocenters. The maximum absolute atomic E-state index is 13.3. The second-order valence-electron chi connectivity index (χ2n) is 8.49. The van der Waals surface area contributed by atoms with Crippen LogP contribution in [0.3, 0.4) is 0 Å². The first-order chi connectivity index (χ1) is 15.8. The molecule has 7 nitrogen and oxygen atoms in total. The Hall–Kier alpha value is -3.04. The maximum atomic E-state index is 13.3. The van der Waals surface area contributed by atoms with Crippen LogP contribution in [0.4, 0.5) is 0 Å². The predicted octanol–water partition coefficient (Wildman–Crippen LogP) is 4.07. The number of nitrogens with one attached hydrogen (secondary N) is 1. The van der Waals surface area contributed by atoms with Gasteiger partial charge >= 0.3 is 0 Å². The van der Waals surface area contributed by atoms with Crippen LogP contribution in [0.5, 0.6) is 0 Å². The Labute approximate surface area is 196 Å². The van der Waals surface area contributed by atoms with E-state index in [4.69, 9.17) is 4.98 Å². The molecule has 1 aliphatic heterocycles. The normalized spacial score (nSPS) is 17.5. The molecule has 1 N–H and O–H groups in total. The Morgan fingerprint density at radius 3 is 2.67 bits per heavy atom. The van der Waals surface area contributed by atoms with Crippen LogP contribution in [0.2, 0.25) is 0 Å². The molecule has 0 aliphatic carbocycles. The van der Waals surface area contributed by atoms with Crippen LogP contribution in [0.1, 0.15) is 39.6 Å². The molecule has 1 unspecified atom stereocenters. The molecule has 170 valence electrons. The molecule has 4 aromatic rings. The van der Waals surface area contributed by atoms with Crippen molar-refractivity contribution in [3.8, 4) is 10.6 Å². The van der Waals surface area contributed by atoms with Gasteiger partial charge in [-0.05, 0) is 43.3 Å². The Balaban J connectivity index is 1.58. The summed E-state index contributed by atoms with van der Waals surface area (Å²) in [5, 5.41) is 10.3. The summed E-state index contributed by atoms with van der Waals surface area (Å²) >= 11 is 1.54. The van der Waals surface area contributed by atoms with E-state index < -0.39 is 9.84 Å². The first kappa shape index (κ1) is 21.8. The molecule has 1 saturated heterocycles. The zero-order valence-electron chi connectivity index (χ0n) is 18.4. The van der Waals surface area contributed by atoms with Gasteiger partial charge in [0.2, 0.25) is 0 Å². The fourth-order valence-electron chi connectivity index (χ4n) is 4.25. The van der Waals surface area contributed by atoms with Crippen molar-refractivity contribution in [2.24, 2.45) is 0 Å². The van der Waals surface area contributed by atoms with Gasteiger partial charge in [-0.25, -0.2) is 18.1 Å². The minimum absolute atomic E-state index is 0.0447. The van der Waals surface area contributed by atoms with Crippen molar-refractivity contribution in [3.05, 3.63) is 70.2 Å². The molecule has 1 aliphatic rings. The van der Waals surface area contributed by atoms with E-state index in [0.717, 1.165) is 10.4 Å². The first-order valence-corrected chi connectivity index (χ1v) is 13.5. The lowest BCUT2D eigenvalue weighted by Crippen LogP contribution is -2.23.